The van der Waals surface area contributed by atoms with Crippen LogP contribution in [-0.2, 0) is 10.3 Å². The van der Waals surface area contributed by atoms with Crippen LogP contribution in [0.5, 0.6) is 11.5 Å². The zero-order valence-corrected chi connectivity index (χ0v) is 11.6. The van der Waals surface area contributed by atoms with Gasteiger partial charge in [0.25, 0.3) is 0 Å². The second kappa shape index (κ2) is 6.43. The van der Waals surface area contributed by atoms with Gasteiger partial charge < -0.3 is 20.3 Å². The molecule has 1 rings (SSSR count). The number of nitrogens with two attached hydrogens (primary N) is 1. The lowest BCUT2D eigenvalue weighted by atomic mass is 9.88. The van der Waals surface area contributed by atoms with Crippen molar-refractivity contribution in [2.24, 2.45) is 5.73 Å². The van der Waals surface area contributed by atoms with Gasteiger partial charge in [-0.25, -0.2) is 4.79 Å². The van der Waals surface area contributed by atoms with Gasteiger partial charge in [-0.15, -0.1) is 0 Å². The number of aliphatic carboxylic acids is 1. The Hall–Kier alpha value is -1.75. The van der Waals surface area contributed by atoms with Crippen molar-refractivity contribution < 1.29 is 19.4 Å². The molecule has 0 saturated carbocycles. The molecule has 0 radical (unpaired) electrons. The van der Waals surface area contributed by atoms with Crippen LogP contribution in [0.2, 0.25) is 0 Å². The molecule has 0 spiro atoms. The van der Waals surface area contributed by atoms with Gasteiger partial charge in [0.2, 0.25) is 0 Å². The van der Waals surface area contributed by atoms with E-state index in [1.807, 2.05) is 13.8 Å². The number of hydrogen-bond acceptors (Lipinski definition) is 4. The Kier molecular flexibility index (Phi) is 5.18. The fraction of sp³-hybridized carbons (Fsp3) is 0.500. The zero-order chi connectivity index (χ0) is 14.5. The Balaban J connectivity index is 3.23. The zero-order valence-electron chi connectivity index (χ0n) is 11.6. The van der Waals surface area contributed by atoms with Gasteiger partial charge in [0.1, 0.15) is 5.54 Å². The number of carbonyl (C=O) groups is 1. The first-order valence-electron chi connectivity index (χ1n) is 6.41. The van der Waals surface area contributed by atoms with E-state index in [1.54, 1.807) is 25.1 Å². The minimum atomic E-state index is -1.41. The molecule has 0 saturated heterocycles. The maximum absolute atomic E-state index is 11.3. The largest absolute Gasteiger partial charge is 0.490 e. The van der Waals surface area contributed by atoms with Gasteiger partial charge in [-0.2, -0.15) is 0 Å². The maximum atomic E-state index is 11.3. The highest BCUT2D eigenvalue weighted by Crippen LogP contribution is 2.33. The van der Waals surface area contributed by atoms with E-state index in [0.717, 1.165) is 0 Å². The van der Waals surface area contributed by atoms with E-state index in [1.165, 1.54) is 0 Å². The van der Waals surface area contributed by atoms with E-state index in [9.17, 15) is 9.90 Å². The molecule has 106 valence electrons. The molecule has 3 N–H and O–H groups in total. The molecule has 0 aliphatic rings. The topological polar surface area (TPSA) is 81.8 Å². The van der Waals surface area contributed by atoms with Gasteiger partial charge in [0, 0.05) is 0 Å². The van der Waals surface area contributed by atoms with Gasteiger partial charge >= 0.3 is 5.97 Å². The van der Waals surface area contributed by atoms with E-state index in [0.29, 0.717) is 36.7 Å². The summed E-state index contributed by atoms with van der Waals surface area (Å²) in [4.78, 5) is 11.3. The highest BCUT2D eigenvalue weighted by molar-refractivity contribution is 5.80. The van der Waals surface area contributed by atoms with Crippen molar-refractivity contribution in [3.8, 4) is 11.5 Å². The standard InChI is InChI=1S/C14H21NO4/c1-4-14(15,13(16)17)10-7-8-11(18-5-2)12(9-10)19-6-3/h7-9H,4-6,15H2,1-3H3,(H,16,17). The SMILES string of the molecule is CCOc1ccc(C(N)(CC)C(=O)O)cc1OCC. The number of carboxylic acids is 1. The molecule has 0 fully saturated rings. The fourth-order valence-corrected chi connectivity index (χ4v) is 1.81. The molecule has 0 aromatic heterocycles. The van der Waals surface area contributed by atoms with E-state index >= 15 is 0 Å². The van der Waals surface area contributed by atoms with Crippen LogP contribution in [0.4, 0.5) is 0 Å². The molecule has 1 aromatic rings. The van der Waals surface area contributed by atoms with Crippen LogP contribution in [0.25, 0.3) is 0 Å². The third-order valence-electron chi connectivity index (χ3n) is 3.00. The van der Waals surface area contributed by atoms with Crippen LogP contribution in [0.15, 0.2) is 18.2 Å². The Morgan fingerprint density at radius 1 is 1.21 bits per heavy atom. The summed E-state index contributed by atoms with van der Waals surface area (Å²) < 4.78 is 10.9. The van der Waals surface area contributed by atoms with Crippen molar-refractivity contribution in [1.29, 1.82) is 0 Å². The van der Waals surface area contributed by atoms with Crippen molar-refractivity contribution in [3.05, 3.63) is 23.8 Å². The molecule has 5 nitrogen and oxygen atoms in total. The van der Waals surface area contributed by atoms with E-state index in [2.05, 4.69) is 0 Å². The maximum Gasteiger partial charge on any atom is 0.328 e. The molecule has 5 heteroatoms. The van der Waals surface area contributed by atoms with Crippen molar-refractivity contribution in [2.45, 2.75) is 32.7 Å². The molecule has 1 aromatic carbocycles. The van der Waals surface area contributed by atoms with Gasteiger partial charge in [-0.05, 0) is 38.0 Å². The molecular formula is C14H21NO4. The summed E-state index contributed by atoms with van der Waals surface area (Å²) in [7, 11) is 0. The number of benzene rings is 1. The third-order valence-corrected chi connectivity index (χ3v) is 3.00. The van der Waals surface area contributed by atoms with Gasteiger partial charge in [0.15, 0.2) is 11.5 Å². The average Bonchev–Trinajstić information content (AvgIpc) is 2.40. The average molecular weight is 267 g/mol. The van der Waals surface area contributed by atoms with Crippen LogP contribution in [0, 0.1) is 0 Å². The Labute approximate surface area is 113 Å². The first kappa shape index (κ1) is 15.3. The second-order valence-corrected chi connectivity index (χ2v) is 4.16. The minimum Gasteiger partial charge on any atom is -0.490 e. The highest BCUT2D eigenvalue weighted by Gasteiger charge is 2.34. The van der Waals surface area contributed by atoms with Crippen LogP contribution >= 0.6 is 0 Å². The summed E-state index contributed by atoms with van der Waals surface area (Å²) in [6.07, 6.45) is 0.294. The molecule has 0 heterocycles. The van der Waals surface area contributed by atoms with Crippen molar-refractivity contribution in [1.82, 2.24) is 0 Å². The van der Waals surface area contributed by atoms with Crippen LogP contribution in [-0.4, -0.2) is 24.3 Å². The lowest BCUT2D eigenvalue weighted by Crippen LogP contribution is -2.44. The molecule has 0 aliphatic heterocycles. The number of carboxylic acid groups (broad SMARTS) is 1. The lowest BCUT2D eigenvalue weighted by molar-refractivity contribution is -0.143. The molecule has 0 bridgehead atoms. The number of ether oxygens (including phenoxy) is 2. The second-order valence-electron chi connectivity index (χ2n) is 4.16. The Morgan fingerprint density at radius 3 is 2.26 bits per heavy atom. The smallest absolute Gasteiger partial charge is 0.328 e. The van der Waals surface area contributed by atoms with Crippen molar-refractivity contribution in [3.63, 3.8) is 0 Å². The predicted octanol–water partition coefficient (Wildman–Crippen LogP) is 2.13. The van der Waals surface area contributed by atoms with Crippen LogP contribution in [0.1, 0.15) is 32.8 Å². The first-order chi connectivity index (χ1) is 8.99. The molecular weight excluding hydrogens is 246 g/mol. The predicted molar refractivity (Wildman–Crippen MR) is 72.6 cm³/mol. The van der Waals surface area contributed by atoms with E-state index < -0.39 is 11.5 Å². The first-order valence-corrected chi connectivity index (χ1v) is 6.41. The van der Waals surface area contributed by atoms with Crippen LogP contribution in [0.3, 0.4) is 0 Å². The Bertz CT molecular complexity index is 447. The van der Waals surface area contributed by atoms with Crippen molar-refractivity contribution >= 4 is 5.97 Å². The molecule has 0 aliphatic carbocycles. The fourth-order valence-electron chi connectivity index (χ4n) is 1.81. The quantitative estimate of drug-likeness (QED) is 0.791. The Morgan fingerprint density at radius 2 is 1.79 bits per heavy atom. The lowest BCUT2D eigenvalue weighted by Gasteiger charge is -2.24. The summed E-state index contributed by atoms with van der Waals surface area (Å²) in [5.74, 6) is 0.0601. The summed E-state index contributed by atoms with van der Waals surface area (Å²) in [6.45, 7) is 6.46. The van der Waals surface area contributed by atoms with Gasteiger partial charge in [-0.3, -0.25) is 0 Å². The normalized spacial score (nSPS) is 13.7. The van der Waals surface area contributed by atoms with E-state index in [-0.39, 0.29) is 0 Å². The highest BCUT2D eigenvalue weighted by atomic mass is 16.5. The van der Waals surface area contributed by atoms with Crippen LogP contribution < -0.4 is 15.2 Å². The summed E-state index contributed by atoms with van der Waals surface area (Å²) >= 11 is 0. The monoisotopic (exact) mass is 267 g/mol. The minimum absolute atomic E-state index is 0.294. The molecule has 19 heavy (non-hydrogen) atoms. The third kappa shape index (κ3) is 3.17. The molecule has 1 atom stereocenters. The molecule has 1 unspecified atom stereocenters. The number of hydrogen-bond donors (Lipinski definition) is 2. The van der Waals surface area contributed by atoms with Gasteiger partial charge in [-0.1, -0.05) is 13.0 Å². The van der Waals surface area contributed by atoms with Gasteiger partial charge in [0.05, 0.1) is 13.2 Å². The van der Waals surface area contributed by atoms with Crippen molar-refractivity contribution in [2.75, 3.05) is 13.2 Å². The summed E-state index contributed by atoms with van der Waals surface area (Å²) in [5, 5.41) is 9.28. The molecule has 0 amide bonds. The summed E-state index contributed by atoms with van der Waals surface area (Å²) in [6, 6.07) is 5.02. The number of rotatable bonds is 7. The van der Waals surface area contributed by atoms with E-state index in [4.69, 9.17) is 15.2 Å². The summed E-state index contributed by atoms with van der Waals surface area (Å²) in [5.41, 5.74) is 5.06.